The van der Waals surface area contributed by atoms with Gasteiger partial charge in [0.05, 0.1) is 0 Å². The Kier molecular flexibility index (Phi) is 5.59. The van der Waals surface area contributed by atoms with Crippen LogP contribution >= 0.6 is 15.9 Å². The Hall–Kier alpha value is -2.69. The third-order valence-electron chi connectivity index (χ3n) is 3.57. The quantitative estimate of drug-likeness (QED) is 0.572. The van der Waals surface area contributed by atoms with E-state index in [0.717, 1.165) is 4.47 Å². The van der Waals surface area contributed by atoms with Crippen LogP contribution in [0.3, 0.4) is 0 Å². The van der Waals surface area contributed by atoms with Crippen LogP contribution in [0.25, 0.3) is 5.65 Å². The zero-order valence-electron chi connectivity index (χ0n) is 13.8. The monoisotopic (exact) mass is 442 g/mol. The molecule has 1 aromatic carbocycles. The van der Waals surface area contributed by atoms with Crippen molar-refractivity contribution in [2.45, 2.75) is 12.6 Å². The second-order valence-electron chi connectivity index (χ2n) is 5.55. The van der Waals surface area contributed by atoms with Gasteiger partial charge in [-0.25, -0.2) is 0 Å². The standard InChI is InChI=1S/C16H14BrF3N6O/c17-11-4-2-10(3-5-11)14(27)22-9-1-8-21-12-6-7-13-23-24-15(16(18,19)20)26(13)25-12/h2-7H,1,8-9H2,(H,21,25)(H,22,27). The Balaban J connectivity index is 1.50. The van der Waals surface area contributed by atoms with Gasteiger partial charge in [0, 0.05) is 23.1 Å². The van der Waals surface area contributed by atoms with Gasteiger partial charge in [-0.05, 0) is 42.8 Å². The number of halogens is 4. The molecule has 142 valence electrons. The Morgan fingerprint density at radius 2 is 1.81 bits per heavy atom. The summed E-state index contributed by atoms with van der Waals surface area (Å²) >= 11 is 3.30. The van der Waals surface area contributed by atoms with Crippen molar-refractivity contribution in [1.82, 2.24) is 25.1 Å². The van der Waals surface area contributed by atoms with E-state index in [1.165, 1.54) is 12.1 Å². The number of hydrogen-bond donors (Lipinski definition) is 2. The predicted octanol–water partition coefficient (Wildman–Crippen LogP) is 3.14. The molecule has 2 aromatic heterocycles. The van der Waals surface area contributed by atoms with Crippen molar-refractivity contribution < 1.29 is 18.0 Å². The Bertz CT molecular complexity index is 941. The fourth-order valence-electron chi connectivity index (χ4n) is 2.27. The minimum atomic E-state index is -4.64. The van der Waals surface area contributed by atoms with Crippen molar-refractivity contribution in [3.63, 3.8) is 0 Å². The molecular weight excluding hydrogens is 429 g/mol. The normalized spacial score (nSPS) is 11.6. The molecule has 2 N–H and O–H groups in total. The number of fused-ring (bicyclic) bond motifs is 1. The van der Waals surface area contributed by atoms with Gasteiger partial charge in [0.2, 0.25) is 0 Å². The van der Waals surface area contributed by atoms with Crippen LogP contribution in [0.5, 0.6) is 0 Å². The van der Waals surface area contributed by atoms with E-state index in [9.17, 15) is 18.0 Å². The molecule has 0 fully saturated rings. The first-order chi connectivity index (χ1) is 12.8. The van der Waals surface area contributed by atoms with Gasteiger partial charge in [-0.2, -0.15) is 17.7 Å². The molecule has 11 heteroatoms. The summed E-state index contributed by atoms with van der Waals surface area (Å²) in [6, 6.07) is 9.87. The van der Waals surface area contributed by atoms with Crippen LogP contribution in [0.2, 0.25) is 0 Å². The number of nitrogens with one attached hydrogen (secondary N) is 2. The van der Waals surface area contributed by atoms with Crippen LogP contribution in [-0.4, -0.2) is 38.8 Å². The lowest BCUT2D eigenvalue weighted by Crippen LogP contribution is -2.25. The van der Waals surface area contributed by atoms with Crippen LogP contribution in [-0.2, 0) is 6.18 Å². The van der Waals surface area contributed by atoms with Crippen molar-refractivity contribution in [3.05, 3.63) is 52.3 Å². The van der Waals surface area contributed by atoms with Gasteiger partial charge in [0.1, 0.15) is 5.82 Å². The second-order valence-corrected chi connectivity index (χ2v) is 6.47. The average molecular weight is 443 g/mol. The minimum absolute atomic E-state index is 0.00892. The van der Waals surface area contributed by atoms with E-state index in [0.29, 0.717) is 29.6 Å². The second kappa shape index (κ2) is 7.91. The van der Waals surface area contributed by atoms with Gasteiger partial charge in [-0.15, -0.1) is 15.3 Å². The molecule has 0 aliphatic heterocycles. The summed E-state index contributed by atoms with van der Waals surface area (Å²) in [6.07, 6.45) is -4.07. The molecule has 7 nitrogen and oxygen atoms in total. The van der Waals surface area contributed by atoms with Gasteiger partial charge in [-0.3, -0.25) is 4.79 Å². The van der Waals surface area contributed by atoms with Gasteiger partial charge in [-0.1, -0.05) is 15.9 Å². The summed E-state index contributed by atoms with van der Waals surface area (Å²) in [5.74, 6) is -1.11. The van der Waals surface area contributed by atoms with E-state index in [2.05, 4.69) is 41.9 Å². The maximum absolute atomic E-state index is 12.8. The number of carbonyl (C=O) groups is 1. The third kappa shape index (κ3) is 4.73. The van der Waals surface area contributed by atoms with Crippen LogP contribution in [0.1, 0.15) is 22.6 Å². The third-order valence-corrected chi connectivity index (χ3v) is 4.10. The fourth-order valence-corrected chi connectivity index (χ4v) is 2.53. The number of aromatic nitrogens is 4. The van der Waals surface area contributed by atoms with E-state index in [4.69, 9.17) is 0 Å². The van der Waals surface area contributed by atoms with Crippen molar-refractivity contribution in [3.8, 4) is 0 Å². The number of rotatable bonds is 6. The smallest absolute Gasteiger partial charge is 0.369 e. The fraction of sp³-hybridized carbons (Fsp3) is 0.250. The molecule has 3 aromatic rings. The van der Waals surface area contributed by atoms with Crippen molar-refractivity contribution in [1.29, 1.82) is 0 Å². The predicted molar refractivity (Wildman–Crippen MR) is 95.4 cm³/mol. The Morgan fingerprint density at radius 1 is 1.07 bits per heavy atom. The molecule has 27 heavy (non-hydrogen) atoms. The van der Waals surface area contributed by atoms with E-state index >= 15 is 0 Å². The van der Waals surface area contributed by atoms with E-state index in [-0.39, 0.29) is 17.4 Å². The van der Waals surface area contributed by atoms with Gasteiger partial charge < -0.3 is 10.6 Å². The van der Waals surface area contributed by atoms with Crippen LogP contribution in [0.15, 0.2) is 40.9 Å². The molecule has 0 saturated carbocycles. The number of carbonyl (C=O) groups excluding carboxylic acids is 1. The molecule has 0 saturated heterocycles. The van der Waals surface area contributed by atoms with E-state index in [1.807, 2.05) is 0 Å². The summed E-state index contributed by atoms with van der Waals surface area (Å²) in [5, 5.41) is 16.1. The summed E-state index contributed by atoms with van der Waals surface area (Å²) in [7, 11) is 0. The molecule has 0 aliphatic rings. The topological polar surface area (TPSA) is 84.2 Å². The zero-order valence-corrected chi connectivity index (χ0v) is 15.4. The lowest BCUT2D eigenvalue weighted by Gasteiger charge is -2.08. The molecule has 0 spiro atoms. The lowest BCUT2D eigenvalue weighted by atomic mass is 10.2. The van der Waals surface area contributed by atoms with Gasteiger partial charge >= 0.3 is 6.18 Å². The first-order valence-electron chi connectivity index (χ1n) is 7.92. The average Bonchev–Trinajstić information content (AvgIpc) is 3.05. The molecule has 0 aliphatic carbocycles. The van der Waals surface area contributed by atoms with Crippen molar-refractivity contribution >= 4 is 33.3 Å². The number of benzene rings is 1. The molecule has 0 atom stereocenters. The number of alkyl halides is 3. The number of nitrogens with zero attached hydrogens (tertiary/aromatic N) is 4. The summed E-state index contributed by atoms with van der Waals surface area (Å²) < 4.78 is 40.1. The zero-order chi connectivity index (χ0) is 19.4. The van der Waals surface area contributed by atoms with E-state index in [1.54, 1.807) is 24.3 Å². The largest absolute Gasteiger partial charge is 0.453 e. The highest BCUT2D eigenvalue weighted by atomic mass is 79.9. The highest BCUT2D eigenvalue weighted by Gasteiger charge is 2.37. The summed E-state index contributed by atoms with van der Waals surface area (Å²) in [6.45, 7) is 0.827. The maximum atomic E-state index is 12.8. The summed E-state index contributed by atoms with van der Waals surface area (Å²) in [4.78, 5) is 12.0. The first kappa shape index (κ1) is 19.1. The molecule has 0 bridgehead atoms. The molecule has 1 amide bonds. The highest BCUT2D eigenvalue weighted by Crippen LogP contribution is 2.27. The molecule has 2 heterocycles. The lowest BCUT2D eigenvalue weighted by molar-refractivity contribution is -0.146. The van der Waals surface area contributed by atoms with Crippen LogP contribution in [0, 0.1) is 0 Å². The van der Waals surface area contributed by atoms with Gasteiger partial charge in [0.25, 0.3) is 11.7 Å². The van der Waals surface area contributed by atoms with E-state index < -0.39 is 12.0 Å². The molecule has 0 radical (unpaired) electrons. The Morgan fingerprint density at radius 3 is 2.52 bits per heavy atom. The minimum Gasteiger partial charge on any atom is -0.369 e. The number of hydrogen-bond acceptors (Lipinski definition) is 5. The Labute approximate surface area is 160 Å². The van der Waals surface area contributed by atoms with Crippen LogP contribution in [0.4, 0.5) is 19.0 Å². The molecular formula is C16H14BrF3N6O. The van der Waals surface area contributed by atoms with Gasteiger partial charge in [0.15, 0.2) is 5.65 Å². The van der Waals surface area contributed by atoms with Crippen molar-refractivity contribution in [2.75, 3.05) is 18.4 Å². The van der Waals surface area contributed by atoms with Crippen molar-refractivity contribution in [2.24, 2.45) is 0 Å². The first-order valence-corrected chi connectivity index (χ1v) is 8.71. The highest BCUT2D eigenvalue weighted by molar-refractivity contribution is 9.10. The molecule has 0 unspecified atom stereocenters. The number of amides is 1. The van der Waals surface area contributed by atoms with Crippen LogP contribution < -0.4 is 10.6 Å². The molecule has 3 rings (SSSR count). The number of anilines is 1. The SMILES string of the molecule is O=C(NCCCNc1ccc2nnc(C(F)(F)F)n2n1)c1ccc(Br)cc1. The maximum Gasteiger partial charge on any atom is 0.453 e. The summed E-state index contributed by atoms with van der Waals surface area (Å²) in [5.41, 5.74) is 0.556.